The second-order valence-electron chi connectivity index (χ2n) is 6.06. The van der Waals surface area contributed by atoms with Crippen molar-refractivity contribution in [2.75, 3.05) is 32.7 Å². The molecule has 0 radical (unpaired) electrons. The van der Waals surface area contributed by atoms with Crippen molar-refractivity contribution >= 4 is 0 Å². The third-order valence-electron chi connectivity index (χ3n) is 4.55. The summed E-state index contributed by atoms with van der Waals surface area (Å²) in [4.78, 5) is 2.19. The topological polar surface area (TPSA) is 55.7 Å². The van der Waals surface area contributed by atoms with E-state index < -0.39 is 11.7 Å². The summed E-state index contributed by atoms with van der Waals surface area (Å²) in [7, 11) is 0. The van der Waals surface area contributed by atoms with Crippen molar-refractivity contribution in [3.05, 3.63) is 71.8 Å². The van der Waals surface area contributed by atoms with Crippen LogP contribution >= 0.6 is 0 Å². The first kappa shape index (κ1) is 16.1. The lowest BCUT2D eigenvalue weighted by Gasteiger charge is -2.38. The molecule has 1 aliphatic heterocycles. The van der Waals surface area contributed by atoms with Crippen LogP contribution in [0.4, 0.5) is 0 Å². The van der Waals surface area contributed by atoms with E-state index in [4.69, 9.17) is 0 Å². The molecule has 0 aliphatic carbocycles. The molecule has 122 valence electrons. The number of aliphatic hydroxyl groups excluding tert-OH is 1. The van der Waals surface area contributed by atoms with Gasteiger partial charge in [-0.05, 0) is 11.1 Å². The zero-order valence-electron chi connectivity index (χ0n) is 13.2. The maximum Gasteiger partial charge on any atom is 0.142 e. The van der Waals surface area contributed by atoms with Crippen LogP contribution in [0, 0.1) is 0 Å². The minimum atomic E-state index is -1.41. The van der Waals surface area contributed by atoms with Gasteiger partial charge in [-0.3, -0.25) is 4.90 Å². The highest BCUT2D eigenvalue weighted by atomic mass is 16.3. The maximum absolute atomic E-state index is 11.5. The second-order valence-corrected chi connectivity index (χ2v) is 6.06. The summed E-state index contributed by atoms with van der Waals surface area (Å²) in [5, 5.41) is 25.7. The van der Waals surface area contributed by atoms with E-state index in [9.17, 15) is 10.2 Å². The van der Waals surface area contributed by atoms with Gasteiger partial charge in [-0.2, -0.15) is 0 Å². The Morgan fingerprint density at radius 1 is 0.913 bits per heavy atom. The molecule has 1 saturated heterocycles. The Kier molecular flexibility index (Phi) is 5.08. The number of nitrogens with zero attached hydrogens (tertiary/aromatic N) is 1. The van der Waals surface area contributed by atoms with E-state index in [0.29, 0.717) is 17.7 Å². The first-order chi connectivity index (χ1) is 11.2. The highest BCUT2D eigenvalue weighted by molar-refractivity contribution is 5.37. The van der Waals surface area contributed by atoms with E-state index in [0.717, 1.165) is 26.2 Å². The van der Waals surface area contributed by atoms with E-state index in [-0.39, 0.29) is 0 Å². The lowest BCUT2D eigenvalue weighted by atomic mass is 9.81. The molecular weight excluding hydrogens is 288 g/mol. The lowest BCUT2D eigenvalue weighted by Crippen LogP contribution is -2.52. The minimum Gasteiger partial charge on any atom is -0.388 e. The van der Waals surface area contributed by atoms with Crippen LogP contribution in [0.15, 0.2) is 60.7 Å². The first-order valence-corrected chi connectivity index (χ1v) is 8.16. The quantitative estimate of drug-likeness (QED) is 0.776. The van der Waals surface area contributed by atoms with Crippen LogP contribution in [0.2, 0.25) is 0 Å². The predicted molar refractivity (Wildman–Crippen MR) is 91.2 cm³/mol. The molecule has 1 fully saturated rings. The molecule has 0 spiro atoms. The normalized spacial score (nSPS) is 17.8. The predicted octanol–water partition coefficient (Wildman–Crippen LogP) is 1.19. The maximum atomic E-state index is 11.5. The van der Waals surface area contributed by atoms with Crippen LogP contribution in [-0.4, -0.2) is 53.9 Å². The fraction of sp³-hybridized carbons (Fsp3) is 0.368. The number of hydrogen-bond donors (Lipinski definition) is 3. The molecular formula is C19H24N2O2. The van der Waals surface area contributed by atoms with E-state index >= 15 is 0 Å². The minimum absolute atomic E-state index is 0.446. The average Bonchev–Trinajstić information content (AvgIpc) is 2.63. The summed E-state index contributed by atoms with van der Waals surface area (Å²) in [5.41, 5.74) is 0.0237. The molecule has 0 saturated carbocycles. The van der Waals surface area contributed by atoms with Crippen LogP contribution in [0.3, 0.4) is 0 Å². The molecule has 23 heavy (non-hydrogen) atoms. The van der Waals surface area contributed by atoms with Gasteiger partial charge in [0.1, 0.15) is 11.7 Å². The van der Waals surface area contributed by atoms with E-state index in [1.54, 1.807) is 0 Å². The number of piperazine rings is 1. The Morgan fingerprint density at radius 3 is 1.87 bits per heavy atom. The summed E-state index contributed by atoms with van der Waals surface area (Å²) in [6.45, 7) is 4.05. The molecule has 0 aromatic heterocycles. The van der Waals surface area contributed by atoms with Crippen molar-refractivity contribution < 1.29 is 10.2 Å². The van der Waals surface area contributed by atoms with Crippen LogP contribution in [0.25, 0.3) is 0 Å². The Morgan fingerprint density at radius 2 is 1.39 bits per heavy atom. The SMILES string of the molecule is OC(CN1CCNCC1)C(O)(c1ccccc1)c1ccccc1. The first-order valence-electron chi connectivity index (χ1n) is 8.16. The van der Waals surface area contributed by atoms with Crippen LogP contribution in [0.1, 0.15) is 11.1 Å². The summed E-state index contributed by atoms with van der Waals surface area (Å²) in [6.07, 6.45) is -0.898. The van der Waals surface area contributed by atoms with Crippen LogP contribution in [0.5, 0.6) is 0 Å². The number of β-amino-alcohol motifs (C(OH)–C–C–N with tert-alkyl or cyclic N) is 1. The molecule has 0 bridgehead atoms. The zero-order chi connectivity index (χ0) is 16.1. The fourth-order valence-electron chi connectivity index (χ4n) is 3.21. The van der Waals surface area contributed by atoms with E-state index in [2.05, 4.69) is 10.2 Å². The van der Waals surface area contributed by atoms with Crippen molar-refractivity contribution in [3.8, 4) is 0 Å². The number of aliphatic hydroxyl groups is 2. The Bertz CT molecular complexity index is 558. The standard InChI is InChI=1S/C19H24N2O2/c22-18(15-21-13-11-20-12-14-21)19(23,16-7-3-1-4-8-16)17-9-5-2-6-10-17/h1-10,18,20,22-23H,11-15H2. The molecule has 3 rings (SSSR count). The van der Waals surface area contributed by atoms with Crippen molar-refractivity contribution in [3.63, 3.8) is 0 Å². The van der Waals surface area contributed by atoms with Gasteiger partial charge < -0.3 is 15.5 Å². The number of rotatable bonds is 5. The van der Waals surface area contributed by atoms with Crippen molar-refractivity contribution in [2.24, 2.45) is 0 Å². The molecule has 1 aliphatic rings. The summed E-state index contributed by atoms with van der Waals surface area (Å²) in [6, 6.07) is 18.9. The van der Waals surface area contributed by atoms with E-state index in [1.807, 2.05) is 60.7 Å². The van der Waals surface area contributed by atoms with Crippen molar-refractivity contribution in [2.45, 2.75) is 11.7 Å². The highest BCUT2D eigenvalue weighted by Crippen LogP contribution is 2.33. The largest absolute Gasteiger partial charge is 0.388 e. The molecule has 1 unspecified atom stereocenters. The monoisotopic (exact) mass is 312 g/mol. The number of benzene rings is 2. The van der Waals surface area contributed by atoms with Gasteiger partial charge in [-0.1, -0.05) is 60.7 Å². The van der Waals surface area contributed by atoms with Gasteiger partial charge in [0.15, 0.2) is 0 Å². The van der Waals surface area contributed by atoms with Gasteiger partial charge >= 0.3 is 0 Å². The van der Waals surface area contributed by atoms with E-state index in [1.165, 1.54) is 0 Å². The summed E-state index contributed by atoms with van der Waals surface area (Å²) in [5.74, 6) is 0. The van der Waals surface area contributed by atoms with Crippen molar-refractivity contribution in [1.29, 1.82) is 0 Å². The Balaban J connectivity index is 1.91. The van der Waals surface area contributed by atoms with Crippen molar-refractivity contribution in [1.82, 2.24) is 10.2 Å². The molecule has 3 N–H and O–H groups in total. The third kappa shape index (κ3) is 3.46. The van der Waals surface area contributed by atoms with Gasteiger partial charge in [0, 0.05) is 32.7 Å². The molecule has 4 nitrogen and oxygen atoms in total. The van der Waals surface area contributed by atoms with Crippen LogP contribution in [-0.2, 0) is 5.60 Å². The summed E-state index contributed by atoms with van der Waals surface area (Å²) >= 11 is 0. The fourth-order valence-corrected chi connectivity index (χ4v) is 3.21. The third-order valence-corrected chi connectivity index (χ3v) is 4.55. The lowest BCUT2D eigenvalue weighted by molar-refractivity contribution is -0.0646. The van der Waals surface area contributed by atoms with Gasteiger partial charge in [0.25, 0.3) is 0 Å². The van der Waals surface area contributed by atoms with Gasteiger partial charge in [0.05, 0.1) is 0 Å². The molecule has 1 heterocycles. The van der Waals surface area contributed by atoms with Gasteiger partial charge in [-0.15, -0.1) is 0 Å². The van der Waals surface area contributed by atoms with Crippen LogP contribution < -0.4 is 5.32 Å². The van der Waals surface area contributed by atoms with Gasteiger partial charge in [0.2, 0.25) is 0 Å². The van der Waals surface area contributed by atoms with Gasteiger partial charge in [-0.25, -0.2) is 0 Å². The highest BCUT2D eigenvalue weighted by Gasteiger charge is 2.40. The molecule has 1 atom stereocenters. The Hall–Kier alpha value is -1.72. The smallest absolute Gasteiger partial charge is 0.142 e. The summed E-state index contributed by atoms with van der Waals surface area (Å²) < 4.78 is 0. The molecule has 0 amide bonds. The Labute approximate surface area is 137 Å². The molecule has 2 aromatic carbocycles. The second kappa shape index (κ2) is 7.23. The average molecular weight is 312 g/mol. The number of hydrogen-bond acceptors (Lipinski definition) is 4. The number of nitrogens with one attached hydrogen (secondary N) is 1. The molecule has 4 heteroatoms. The zero-order valence-corrected chi connectivity index (χ0v) is 13.2. The molecule has 2 aromatic rings.